The van der Waals surface area contributed by atoms with Crippen LogP contribution in [0.25, 0.3) is 0 Å². The van der Waals surface area contributed by atoms with Crippen LogP contribution in [0, 0.1) is 0 Å². The van der Waals surface area contributed by atoms with Gasteiger partial charge in [0.1, 0.15) is 5.82 Å². The smallest absolute Gasteiger partial charge is 0.146 e. The molecule has 1 unspecified atom stereocenters. The summed E-state index contributed by atoms with van der Waals surface area (Å²) in [5.74, 6) is 6.15. The van der Waals surface area contributed by atoms with Crippen molar-refractivity contribution in [3.05, 3.63) is 36.4 Å². The summed E-state index contributed by atoms with van der Waals surface area (Å²) in [6, 6.07) is 1.75. The number of nitrogens with zero attached hydrogens (tertiary/aromatic N) is 2. The van der Waals surface area contributed by atoms with Crippen LogP contribution >= 0.6 is 0 Å². The number of nitrogens with one attached hydrogen (secondary N) is 1. The molecule has 0 aliphatic heterocycles. The Morgan fingerprint density at radius 1 is 1.57 bits per heavy atom. The first kappa shape index (κ1) is 10.8. The number of nitrogens with two attached hydrogens (primary N) is 1. The molecule has 4 heteroatoms. The molecule has 1 aromatic rings. The van der Waals surface area contributed by atoms with E-state index >= 15 is 0 Å². The summed E-state index contributed by atoms with van der Waals surface area (Å²) in [5.41, 5.74) is 3.84. The van der Waals surface area contributed by atoms with Crippen LogP contribution in [-0.4, -0.2) is 9.97 Å². The van der Waals surface area contributed by atoms with Gasteiger partial charge in [0.2, 0.25) is 0 Å². The highest BCUT2D eigenvalue weighted by atomic mass is 15.2. The van der Waals surface area contributed by atoms with Crippen LogP contribution in [0.15, 0.2) is 30.6 Å². The number of rotatable bonds is 5. The van der Waals surface area contributed by atoms with Crippen molar-refractivity contribution in [3.63, 3.8) is 0 Å². The number of hydrazine groups is 1. The first-order valence-electron chi connectivity index (χ1n) is 4.67. The molecule has 0 fully saturated rings. The largest absolute Gasteiger partial charge is 0.271 e. The van der Waals surface area contributed by atoms with Gasteiger partial charge < -0.3 is 0 Å². The van der Waals surface area contributed by atoms with Gasteiger partial charge in [-0.05, 0) is 18.9 Å². The van der Waals surface area contributed by atoms with Gasteiger partial charge in [0.05, 0.1) is 6.04 Å². The third-order valence-electron chi connectivity index (χ3n) is 2.09. The van der Waals surface area contributed by atoms with Crippen LogP contribution in [0.5, 0.6) is 0 Å². The molecule has 4 nitrogen and oxygen atoms in total. The Bertz CT molecular complexity index is 283. The van der Waals surface area contributed by atoms with Crippen LogP contribution < -0.4 is 11.3 Å². The molecule has 0 aliphatic carbocycles. The van der Waals surface area contributed by atoms with E-state index in [0.717, 1.165) is 18.4 Å². The van der Waals surface area contributed by atoms with E-state index in [0.29, 0.717) is 5.82 Å². The van der Waals surface area contributed by atoms with Gasteiger partial charge in [0, 0.05) is 12.4 Å². The van der Waals surface area contributed by atoms with Gasteiger partial charge in [-0.3, -0.25) is 5.84 Å². The van der Waals surface area contributed by atoms with Crippen molar-refractivity contribution in [1.82, 2.24) is 15.4 Å². The van der Waals surface area contributed by atoms with Crippen molar-refractivity contribution in [1.29, 1.82) is 0 Å². The Morgan fingerprint density at radius 2 is 2.21 bits per heavy atom. The van der Waals surface area contributed by atoms with E-state index in [1.807, 2.05) is 0 Å². The average molecular weight is 192 g/mol. The molecule has 0 saturated heterocycles. The van der Waals surface area contributed by atoms with Crippen LogP contribution in [0.3, 0.4) is 0 Å². The fourth-order valence-electron chi connectivity index (χ4n) is 1.15. The van der Waals surface area contributed by atoms with E-state index in [1.54, 1.807) is 18.5 Å². The number of hydrogen-bond donors (Lipinski definition) is 2. The Morgan fingerprint density at radius 3 is 2.71 bits per heavy atom. The van der Waals surface area contributed by atoms with Crippen LogP contribution in [0.1, 0.15) is 31.6 Å². The zero-order valence-electron chi connectivity index (χ0n) is 8.40. The summed E-state index contributed by atoms with van der Waals surface area (Å²) >= 11 is 0. The van der Waals surface area contributed by atoms with Crippen molar-refractivity contribution in [2.75, 3.05) is 0 Å². The Balaban J connectivity index is 2.68. The molecular weight excluding hydrogens is 176 g/mol. The monoisotopic (exact) mass is 192 g/mol. The SMILES string of the molecule is C=C(CC)CC(NN)c1ncccn1. The van der Waals surface area contributed by atoms with Crippen LogP contribution in [0.2, 0.25) is 0 Å². The number of hydrogen-bond acceptors (Lipinski definition) is 4. The minimum absolute atomic E-state index is 0.0383. The normalized spacial score (nSPS) is 12.4. The van der Waals surface area contributed by atoms with Gasteiger partial charge in [-0.15, -0.1) is 0 Å². The molecule has 0 aliphatic rings. The van der Waals surface area contributed by atoms with Crippen molar-refractivity contribution < 1.29 is 0 Å². The summed E-state index contributed by atoms with van der Waals surface area (Å²) in [6.45, 7) is 6.01. The third-order valence-corrected chi connectivity index (χ3v) is 2.09. The molecule has 0 amide bonds. The van der Waals surface area contributed by atoms with Gasteiger partial charge in [0.25, 0.3) is 0 Å². The lowest BCUT2D eigenvalue weighted by molar-refractivity contribution is 0.516. The first-order valence-corrected chi connectivity index (χ1v) is 4.67. The molecule has 1 rings (SSSR count). The summed E-state index contributed by atoms with van der Waals surface area (Å²) < 4.78 is 0. The Kier molecular flexibility index (Phi) is 4.22. The van der Waals surface area contributed by atoms with Crippen LogP contribution in [0.4, 0.5) is 0 Å². The van der Waals surface area contributed by atoms with Crippen molar-refractivity contribution in [2.24, 2.45) is 5.84 Å². The topological polar surface area (TPSA) is 63.8 Å². The lowest BCUT2D eigenvalue weighted by atomic mass is 10.1. The fraction of sp³-hybridized carbons (Fsp3) is 0.400. The Labute approximate surface area is 84.2 Å². The van der Waals surface area contributed by atoms with Gasteiger partial charge in [-0.25, -0.2) is 15.4 Å². The summed E-state index contributed by atoms with van der Waals surface area (Å²) in [7, 11) is 0. The van der Waals surface area contributed by atoms with E-state index < -0.39 is 0 Å². The highest BCUT2D eigenvalue weighted by Crippen LogP contribution is 2.17. The molecule has 3 N–H and O–H groups in total. The molecule has 14 heavy (non-hydrogen) atoms. The molecule has 0 saturated carbocycles. The van der Waals surface area contributed by atoms with Gasteiger partial charge >= 0.3 is 0 Å². The predicted molar refractivity (Wildman–Crippen MR) is 56.1 cm³/mol. The quantitative estimate of drug-likeness (QED) is 0.420. The number of aromatic nitrogens is 2. The zero-order chi connectivity index (χ0) is 10.4. The second kappa shape index (κ2) is 5.47. The highest BCUT2D eigenvalue weighted by molar-refractivity contribution is 5.03. The van der Waals surface area contributed by atoms with Crippen molar-refractivity contribution >= 4 is 0 Å². The second-order valence-electron chi connectivity index (χ2n) is 3.13. The van der Waals surface area contributed by atoms with E-state index in [9.17, 15) is 0 Å². The molecular formula is C10H16N4. The highest BCUT2D eigenvalue weighted by Gasteiger charge is 2.12. The van der Waals surface area contributed by atoms with Gasteiger partial charge in [-0.1, -0.05) is 19.1 Å². The molecule has 76 valence electrons. The van der Waals surface area contributed by atoms with Crippen molar-refractivity contribution in [3.8, 4) is 0 Å². The van der Waals surface area contributed by atoms with Gasteiger partial charge in [0.15, 0.2) is 0 Å². The minimum Gasteiger partial charge on any atom is -0.271 e. The Hall–Kier alpha value is -1.26. The minimum atomic E-state index is -0.0383. The second-order valence-corrected chi connectivity index (χ2v) is 3.13. The lowest BCUT2D eigenvalue weighted by Crippen LogP contribution is -2.29. The fourth-order valence-corrected chi connectivity index (χ4v) is 1.15. The van der Waals surface area contributed by atoms with E-state index in [2.05, 4.69) is 28.9 Å². The maximum Gasteiger partial charge on any atom is 0.146 e. The zero-order valence-corrected chi connectivity index (χ0v) is 8.40. The molecule has 1 atom stereocenters. The molecule has 0 radical (unpaired) electrons. The van der Waals surface area contributed by atoms with Crippen LogP contribution in [-0.2, 0) is 0 Å². The van der Waals surface area contributed by atoms with E-state index in [1.165, 1.54) is 0 Å². The molecule has 0 spiro atoms. The van der Waals surface area contributed by atoms with Crippen molar-refractivity contribution in [2.45, 2.75) is 25.8 Å². The van der Waals surface area contributed by atoms with E-state index in [-0.39, 0.29) is 6.04 Å². The summed E-state index contributed by atoms with van der Waals surface area (Å²) in [6.07, 6.45) is 5.14. The van der Waals surface area contributed by atoms with E-state index in [4.69, 9.17) is 5.84 Å². The lowest BCUT2D eigenvalue weighted by Gasteiger charge is -2.14. The maximum absolute atomic E-state index is 5.44. The average Bonchev–Trinajstić information content (AvgIpc) is 2.26. The third kappa shape index (κ3) is 2.90. The predicted octanol–water partition coefficient (Wildman–Crippen LogP) is 1.34. The summed E-state index contributed by atoms with van der Waals surface area (Å²) in [5, 5.41) is 0. The maximum atomic E-state index is 5.44. The van der Waals surface area contributed by atoms with Gasteiger partial charge in [-0.2, -0.15) is 0 Å². The molecule has 0 aromatic carbocycles. The first-order chi connectivity index (χ1) is 6.77. The molecule has 0 bridgehead atoms. The molecule has 1 heterocycles. The molecule has 1 aromatic heterocycles. The summed E-state index contributed by atoms with van der Waals surface area (Å²) in [4.78, 5) is 8.29. The standard InChI is InChI=1S/C10H16N4/c1-3-8(2)7-9(14-11)10-12-5-4-6-13-10/h4-6,9,14H,2-3,7,11H2,1H3.